The lowest BCUT2D eigenvalue weighted by Crippen LogP contribution is -2.34. The lowest BCUT2D eigenvalue weighted by atomic mass is 9.80. The largest absolute Gasteiger partial charge is 0.375 e. The van der Waals surface area contributed by atoms with Crippen molar-refractivity contribution in [3.05, 3.63) is 202 Å². The third-order valence-corrected chi connectivity index (χ3v) is 42.8. The van der Waals surface area contributed by atoms with Gasteiger partial charge in [0.1, 0.15) is 0 Å². The normalized spacial score (nSPS) is 35.6. The number of hydrogen-bond donors (Lipinski definition) is 0. The maximum Gasteiger partial charge on any atom is 0.0723 e. The van der Waals surface area contributed by atoms with E-state index >= 15 is 0 Å². The number of ether oxygens (including phenoxy) is 10. The summed E-state index contributed by atoms with van der Waals surface area (Å²) < 4.78 is 60.6. The second-order valence-corrected chi connectivity index (χ2v) is 54.5. The molecule has 10 heteroatoms. The van der Waals surface area contributed by atoms with Crippen LogP contribution in [0.1, 0.15) is 383 Å². The Bertz CT molecular complexity index is 4990. The number of benzene rings is 5. The van der Waals surface area contributed by atoms with Crippen molar-refractivity contribution >= 4 is 0 Å². The first-order valence-corrected chi connectivity index (χ1v) is 63.3. The van der Waals surface area contributed by atoms with Crippen LogP contribution < -0.4 is 0 Å². The molecule has 5 aromatic rings. The standard InChI is InChI=1S/C17H18O.C15H26O.C15H24O.C14H24O.C14H22O.C14H20O.C13H22O.C13H20O.C13H18O.C12H16O/c1-12(2)18-11-14-7-5-9-16-15-8-4-3-6-13(15)10-17(14)16;2*1-9(2)10(3)16-15-8-11-7-14(15)13-6-4-5-12(11)13;2*1-3-9(2)15-14-8-10-7-13(14)12-6-4-5-11(10)12;1-10(2)11(3)15-14-8-12-6-4-5-7-13(12)9-14;2*1-8(2)14-13-7-9-6-12(13)11-5-3-4-10(9)11;1-3-10(2)14-13-8-11-6-4-5-7-12(11)9-13;1-9(2)13-12-7-10-5-3-4-6-11(10)8-12/h3-9,12H,10-11H2,1-2H3;9-15H,4-8H2,1-3H3;4,6,9-15H,5,7-8H2,1-3H3;9-14H,3-8H2,1-2H3;4,6,9-14H,3,5,7-8H2,1-2H3;4-7,10-11,14H,8-9H2,1-3H3;8-13H,3-7H2,1-2H3;3,5,8-13H,4,6-7H2,1-2H3;4-7,10,13H,3,8-9H2,1-2H3;3-6,9,12H,7-8H2,1-2H3. The lowest BCUT2D eigenvalue weighted by molar-refractivity contribution is -0.0669. The third kappa shape index (κ3) is 27.4. The molecule has 15 fully saturated rings. The highest BCUT2D eigenvalue weighted by atomic mass is 16.5. The Kier molecular flexibility index (Phi) is 40.3. The first-order chi connectivity index (χ1) is 72.4. The van der Waals surface area contributed by atoms with Crippen LogP contribution in [-0.2, 0) is 98.9 Å². The molecular formula is C140H210O10. The molecule has 0 N–H and O–H groups in total. The fraction of sp³-hybridized carbons (Fsp3) is 0.743. The summed E-state index contributed by atoms with van der Waals surface area (Å²) in [7, 11) is 0. The van der Waals surface area contributed by atoms with Gasteiger partial charge in [0.2, 0.25) is 0 Å². The van der Waals surface area contributed by atoms with E-state index in [0.717, 1.165) is 206 Å². The highest BCUT2D eigenvalue weighted by Crippen LogP contribution is 2.65. The third-order valence-electron chi connectivity index (χ3n) is 42.8. The van der Waals surface area contributed by atoms with Crippen molar-refractivity contribution in [2.24, 2.45) is 160 Å². The molecule has 10 nitrogen and oxygen atoms in total. The summed E-state index contributed by atoms with van der Waals surface area (Å²) in [5, 5.41) is 0. The van der Waals surface area contributed by atoms with Gasteiger partial charge < -0.3 is 47.4 Å². The van der Waals surface area contributed by atoms with E-state index in [0.29, 0.717) is 128 Å². The number of fused-ring (bicyclic) bond motifs is 36. The molecule has 0 spiro atoms. The second-order valence-electron chi connectivity index (χ2n) is 54.5. The van der Waals surface area contributed by atoms with Gasteiger partial charge in [0.25, 0.3) is 0 Å². The van der Waals surface area contributed by atoms with E-state index in [1.165, 1.54) is 222 Å². The van der Waals surface area contributed by atoms with Crippen molar-refractivity contribution in [1.29, 1.82) is 0 Å². The molecule has 0 radical (unpaired) electrons. The van der Waals surface area contributed by atoms with Crippen LogP contribution in [-0.4, -0.2) is 116 Å². The summed E-state index contributed by atoms with van der Waals surface area (Å²) in [6, 6.07) is 41.2. The van der Waals surface area contributed by atoms with Crippen molar-refractivity contribution in [3.63, 3.8) is 0 Å². The number of rotatable bonds is 27. The number of allylic oxidation sites excluding steroid dienone is 6. The molecule has 0 saturated heterocycles. The summed E-state index contributed by atoms with van der Waals surface area (Å²) in [6.07, 6.45) is 69.1. The van der Waals surface area contributed by atoms with Crippen molar-refractivity contribution in [2.75, 3.05) is 0 Å². The summed E-state index contributed by atoms with van der Waals surface area (Å²) in [4.78, 5) is 0. The molecule has 0 amide bonds. The molecule has 150 heavy (non-hydrogen) atoms. The Balaban J connectivity index is 0.000000109. The minimum atomic E-state index is 0.282. The topological polar surface area (TPSA) is 92.3 Å². The van der Waals surface area contributed by atoms with Crippen LogP contribution >= 0.6 is 0 Å². The summed E-state index contributed by atoms with van der Waals surface area (Å²) in [5.41, 5.74) is 15.8. The Morgan fingerprint density at radius 1 is 0.247 bits per heavy atom. The van der Waals surface area contributed by atoms with E-state index < -0.39 is 0 Å². The SMILES string of the molecule is CC(C)C(C)OC1CC2CC1C1C=CCC21.CC(C)C(C)OC1CC2CC1C1CCCC21.CC(C)C(C)OC1Cc2ccccc2C1.CC(C)OC1CC2CC1C1C=CCC21.CC(C)OC1CC2CC1C1CCCC21.CC(C)OC1Cc2ccccc2C1.CC(C)OCc1cccc2c1Cc1ccccc1-2.CCC(C)OC1CC2CC1C1C=CCC21.CCC(C)OC1CC2CC1C1CCCC21.CCC(C)OC1Cc2ccccc2C1. The molecule has 22 aliphatic rings. The molecule has 36 unspecified atom stereocenters. The van der Waals surface area contributed by atoms with Crippen molar-refractivity contribution in [2.45, 2.75) is 500 Å². The fourth-order valence-electron chi connectivity index (χ4n) is 34.5. The van der Waals surface area contributed by atoms with Gasteiger partial charge >= 0.3 is 0 Å². The van der Waals surface area contributed by atoms with Gasteiger partial charge in [-0.3, -0.25) is 0 Å². The van der Waals surface area contributed by atoms with Crippen LogP contribution in [0, 0.1) is 160 Å². The average molecular weight is 2050 g/mol. The van der Waals surface area contributed by atoms with Crippen LogP contribution in [0.2, 0.25) is 0 Å². The first-order valence-electron chi connectivity index (χ1n) is 63.3. The molecule has 0 aliphatic heterocycles. The summed E-state index contributed by atoms with van der Waals surface area (Å²) >= 11 is 0. The Morgan fingerprint density at radius 2 is 0.533 bits per heavy atom. The van der Waals surface area contributed by atoms with Crippen molar-refractivity contribution < 1.29 is 47.4 Å². The minimum Gasteiger partial charge on any atom is -0.375 e. The molecule has 15 saturated carbocycles. The van der Waals surface area contributed by atoms with Gasteiger partial charge in [-0.15, -0.1) is 0 Å². The zero-order valence-electron chi connectivity index (χ0n) is 98.3. The number of hydrogen-bond acceptors (Lipinski definition) is 10. The zero-order chi connectivity index (χ0) is 105. The van der Waals surface area contributed by atoms with E-state index in [4.69, 9.17) is 47.4 Å². The van der Waals surface area contributed by atoms with Gasteiger partial charge in [0.15, 0.2) is 0 Å². The van der Waals surface area contributed by atoms with E-state index in [-0.39, 0.29) is 6.10 Å². The fourth-order valence-corrected chi connectivity index (χ4v) is 34.5. The van der Waals surface area contributed by atoms with Crippen LogP contribution in [0.3, 0.4) is 0 Å². The predicted molar refractivity (Wildman–Crippen MR) is 620 cm³/mol. The predicted octanol–water partition coefficient (Wildman–Crippen LogP) is 33.7. The molecule has 0 aromatic heterocycles. The van der Waals surface area contributed by atoms with Gasteiger partial charge in [-0.1, -0.05) is 233 Å². The van der Waals surface area contributed by atoms with Crippen LogP contribution in [0.4, 0.5) is 0 Å². The van der Waals surface area contributed by atoms with Crippen molar-refractivity contribution in [3.8, 4) is 11.1 Å². The van der Waals surface area contributed by atoms with Gasteiger partial charge in [0, 0.05) is 0 Å². The molecule has 830 valence electrons. The van der Waals surface area contributed by atoms with Crippen molar-refractivity contribution in [1.82, 2.24) is 0 Å². The van der Waals surface area contributed by atoms with Gasteiger partial charge in [0.05, 0.1) is 123 Å². The quantitative estimate of drug-likeness (QED) is 0.0464. The van der Waals surface area contributed by atoms with E-state index in [9.17, 15) is 0 Å². The maximum absolute atomic E-state index is 6.31. The molecule has 22 aliphatic carbocycles. The van der Waals surface area contributed by atoms with Gasteiger partial charge in [-0.25, -0.2) is 0 Å². The minimum absolute atomic E-state index is 0.282. The monoisotopic (exact) mass is 2050 g/mol. The molecule has 0 heterocycles. The molecule has 12 bridgehead atoms. The van der Waals surface area contributed by atoms with Crippen LogP contribution in [0.25, 0.3) is 11.1 Å². The van der Waals surface area contributed by atoms with E-state index in [2.05, 4.69) is 311 Å². The molecule has 5 aromatic carbocycles. The molecule has 27 rings (SSSR count). The molecule has 36 atom stereocenters. The Morgan fingerprint density at radius 3 is 0.893 bits per heavy atom. The second kappa shape index (κ2) is 52.8. The van der Waals surface area contributed by atoms with Crippen LogP contribution in [0.5, 0.6) is 0 Å². The van der Waals surface area contributed by atoms with Crippen LogP contribution in [0.15, 0.2) is 152 Å². The van der Waals surface area contributed by atoms with Gasteiger partial charge in [-0.2, -0.15) is 0 Å². The highest BCUT2D eigenvalue weighted by Gasteiger charge is 2.60. The first kappa shape index (κ1) is 114. The summed E-state index contributed by atoms with van der Waals surface area (Å²) in [6.45, 7) is 51.1. The Hall–Kier alpha value is -5.08. The maximum atomic E-state index is 6.31. The Labute approximate surface area is 914 Å². The van der Waals surface area contributed by atoms with Gasteiger partial charge in [-0.05, 0) is 517 Å². The summed E-state index contributed by atoms with van der Waals surface area (Å²) in [5.74, 6) is 25.3. The van der Waals surface area contributed by atoms with E-state index in [1.54, 1.807) is 0 Å². The lowest BCUT2D eigenvalue weighted by Gasteiger charge is -2.34. The van der Waals surface area contributed by atoms with E-state index in [1.807, 2.05) is 0 Å². The molecular weight excluding hydrogens is 1840 g/mol. The zero-order valence-corrected chi connectivity index (χ0v) is 98.3. The average Bonchev–Trinajstić information content (AvgIpc) is 1.62. The smallest absolute Gasteiger partial charge is 0.0723 e. The highest BCUT2D eigenvalue weighted by molar-refractivity contribution is 5.77.